The van der Waals surface area contributed by atoms with E-state index in [1.54, 1.807) is 0 Å². The lowest BCUT2D eigenvalue weighted by molar-refractivity contribution is 0.318. The number of amidine groups is 1. The molecule has 4 nitrogen and oxygen atoms in total. The van der Waals surface area contributed by atoms with Crippen LogP contribution in [-0.2, 0) is 0 Å². The number of rotatable bonds is 2. The number of fused-ring (bicyclic) bond motifs is 1. The van der Waals surface area contributed by atoms with Crippen LogP contribution in [-0.4, -0.2) is 23.6 Å². The van der Waals surface area contributed by atoms with Crippen molar-refractivity contribution >= 4 is 22.3 Å². The largest absolute Gasteiger partial charge is 0.409 e. The smallest absolute Gasteiger partial charge is 0.170 e. The molecule has 2 aromatic rings. The Hall–Kier alpha value is -2.23. The van der Waals surface area contributed by atoms with E-state index in [-0.39, 0.29) is 5.84 Å². The number of anilines is 1. The topological polar surface area (TPSA) is 61.8 Å². The van der Waals surface area contributed by atoms with E-state index in [1.807, 2.05) is 24.3 Å². The van der Waals surface area contributed by atoms with Crippen molar-refractivity contribution in [1.29, 1.82) is 0 Å². The maximum absolute atomic E-state index is 8.92. The fourth-order valence-corrected chi connectivity index (χ4v) is 3.10. The lowest BCUT2D eigenvalue weighted by Gasteiger charge is -2.26. The van der Waals surface area contributed by atoms with Crippen LogP contribution < -0.4 is 10.6 Å². The molecule has 0 aliphatic carbocycles. The van der Waals surface area contributed by atoms with Crippen molar-refractivity contribution in [3.63, 3.8) is 0 Å². The Bertz CT molecular complexity index is 666. The first-order chi connectivity index (χ1) is 9.72. The molecule has 2 aromatic carbocycles. The SMILES string of the molecule is CC1CCCN1c1ccc(/C(N)=N/O)c2ccccc12. The van der Waals surface area contributed by atoms with Crippen molar-refractivity contribution < 1.29 is 5.21 Å². The second-order valence-electron chi connectivity index (χ2n) is 5.35. The molecule has 20 heavy (non-hydrogen) atoms. The van der Waals surface area contributed by atoms with Crippen molar-refractivity contribution in [2.24, 2.45) is 10.9 Å². The predicted octanol–water partition coefficient (Wildman–Crippen LogP) is 2.92. The zero-order valence-electron chi connectivity index (χ0n) is 11.6. The fourth-order valence-electron chi connectivity index (χ4n) is 3.10. The van der Waals surface area contributed by atoms with Crippen LogP contribution in [0.1, 0.15) is 25.3 Å². The highest BCUT2D eigenvalue weighted by molar-refractivity contribution is 6.11. The summed E-state index contributed by atoms with van der Waals surface area (Å²) in [7, 11) is 0. The minimum atomic E-state index is 0.155. The molecule has 1 fully saturated rings. The molecule has 0 saturated carbocycles. The lowest BCUT2D eigenvalue weighted by atomic mass is 10.0. The third-order valence-electron chi connectivity index (χ3n) is 4.15. The van der Waals surface area contributed by atoms with Gasteiger partial charge in [0.15, 0.2) is 5.84 Å². The Morgan fingerprint density at radius 2 is 2.00 bits per heavy atom. The van der Waals surface area contributed by atoms with Gasteiger partial charge in [0.1, 0.15) is 0 Å². The zero-order chi connectivity index (χ0) is 14.1. The number of nitrogens with two attached hydrogens (primary N) is 1. The number of hydrogen-bond donors (Lipinski definition) is 2. The van der Waals surface area contributed by atoms with E-state index < -0.39 is 0 Å². The van der Waals surface area contributed by atoms with Gasteiger partial charge in [0.05, 0.1) is 0 Å². The molecule has 0 radical (unpaired) electrons. The molecular weight excluding hydrogens is 250 g/mol. The van der Waals surface area contributed by atoms with E-state index in [4.69, 9.17) is 10.9 Å². The van der Waals surface area contributed by atoms with E-state index in [1.165, 1.54) is 18.5 Å². The molecule has 3 rings (SSSR count). The second kappa shape index (κ2) is 5.04. The standard InChI is InChI=1S/C16H19N3O/c1-11-5-4-10-19(11)15-9-8-14(16(17)18-20)12-6-2-3-7-13(12)15/h2-3,6-9,11,20H,4-5,10H2,1H3,(H2,17,18). The van der Waals surface area contributed by atoms with Crippen LogP contribution in [0.25, 0.3) is 10.8 Å². The molecule has 0 bridgehead atoms. The van der Waals surface area contributed by atoms with Crippen LogP contribution >= 0.6 is 0 Å². The summed E-state index contributed by atoms with van der Waals surface area (Å²) in [5.41, 5.74) is 7.79. The van der Waals surface area contributed by atoms with Crippen LogP contribution in [0.4, 0.5) is 5.69 Å². The molecule has 104 valence electrons. The number of hydrogen-bond acceptors (Lipinski definition) is 3. The summed E-state index contributed by atoms with van der Waals surface area (Å²) in [5.74, 6) is 0.155. The van der Waals surface area contributed by atoms with Gasteiger partial charge in [-0.3, -0.25) is 0 Å². The second-order valence-corrected chi connectivity index (χ2v) is 5.35. The molecule has 1 saturated heterocycles. The quantitative estimate of drug-likeness (QED) is 0.381. The normalized spacial score (nSPS) is 19.8. The van der Waals surface area contributed by atoms with Gasteiger partial charge in [0, 0.05) is 29.2 Å². The van der Waals surface area contributed by atoms with Gasteiger partial charge in [-0.05, 0) is 37.3 Å². The Labute approximate surface area is 118 Å². The van der Waals surface area contributed by atoms with Crippen molar-refractivity contribution in [3.05, 3.63) is 42.0 Å². The van der Waals surface area contributed by atoms with Crippen LogP contribution in [0.3, 0.4) is 0 Å². The number of benzene rings is 2. The van der Waals surface area contributed by atoms with Gasteiger partial charge < -0.3 is 15.8 Å². The highest BCUT2D eigenvalue weighted by atomic mass is 16.4. The van der Waals surface area contributed by atoms with E-state index in [0.29, 0.717) is 6.04 Å². The monoisotopic (exact) mass is 269 g/mol. The summed E-state index contributed by atoms with van der Waals surface area (Å²) in [5, 5.41) is 14.2. The minimum absolute atomic E-state index is 0.155. The Kier molecular flexibility index (Phi) is 3.22. The van der Waals surface area contributed by atoms with E-state index in [0.717, 1.165) is 22.9 Å². The molecule has 1 heterocycles. The highest BCUT2D eigenvalue weighted by Crippen LogP contribution is 2.33. The summed E-state index contributed by atoms with van der Waals surface area (Å²) in [6.07, 6.45) is 2.47. The van der Waals surface area contributed by atoms with E-state index in [9.17, 15) is 0 Å². The average Bonchev–Trinajstić information content (AvgIpc) is 2.91. The molecule has 4 heteroatoms. The Morgan fingerprint density at radius 3 is 2.65 bits per heavy atom. The maximum atomic E-state index is 8.92. The Morgan fingerprint density at radius 1 is 1.25 bits per heavy atom. The van der Waals surface area contributed by atoms with Crippen molar-refractivity contribution in [2.75, 3.05) is 11.4 Å². The van der Waals surface area contributed by atoms with E-state index in [2.05, 4.69) is 29.1 Å². The summed E-state index contributed by atoms with van der Waals surface area (Å²) in [6, 6.07) is 12.7. The van der Waals surface area contributed by atoms with Gasteiger partial charge in [-0.15, -0.1) is 0 Å². The first kappa shape index (κ1) is 12.8. The maximum Gasteiger partial charge on any atom is 0.170 e. The molecule has 3 N–H and O–H groups in total. The number of nitrogens with zero attached hydrogens (tertiary/aromatic N) is 2. The van der Waals surface area contributed by atoms with Gasteiger partial charge >= 0.3 is 0 Å². The zero-order valence-corrected chi connectivity index (χ0v) is 11.6. The lowest BCUT2D eigenvalue weighted by Crippen LogP contribution is -2.26. The molecule has 0 amide bonds. The molecule has 0 spiro atoms. The van der Waals surface area contributed by atoms with Crippen LogP contribution in [0.15, 0.2) is 41.6 Å². The molecule has 1 aliphatic rings. The third kappa shape index (κ3) is 1.97. The van der Waals surface area contributed by atoms with Crippen LogP contribution in [0.5, 0.6) is 0 Å². The van der Waals surface area contributed by atoms with Gasteiger partial charge in [0.2, 0.25) is 0 Å². The molecule has 1 atom stereocenters. The highest BCUT2D eigenvalue weighted by Gasteiger charge is 2.22. The van der Waals surface area contributed by atoms with Gasteiger partial charge in [0.25, 0.3) is 0 Å². The summed E-state index contributed by atoms with van der Waals surface area (Å²) >= 11 is 0. The Balaban J connectivity index is 2.21. The molecule has 1 unspecified atom stereocenters. The average molecular weight is 269 g/mol. The summed E-state index contributed by atoms with van der Waals surface area (Å²) in [4.78, 5) is 2.44. The van der Waals surface area contributed by atoms with Gasteiger partial charge in [-0.1, -0.05) is 29.4 Å². The summed E-state index contributed by atoms with van der Waals surface area (Å²) < 4.78 is 0. The van der Waals surface area contributed by atoms with Crippen molar-refractivity contribution in [3.8, 4) is 0 Å². The first-order valence-corrected chi connectivity index (χ1v) is 6.98. The fraction of sp³-hybridized carbons (Fsp3) is 0.312. The molecular formula is C16H19N3O. The van der Waals surface area contributed by atoms with Gasteiger partial charge in [-0.2, -0.15) is 0 Å². The molecule has 1 aliphatic heterocycles. The van der Waals surface area contributed by atoms with Crippen molar-refractivity contribution in [1.82, 2.24) is 0 Å². The van der Waals surface area contributed by atoms with Crippen LogP contribution in [0, 0.1) is 0 Å². The van der Waals surface area contributed by atoms with Crippen LogP contribution in [0.2, 0.25) is 0 Å². The van der Waals surface area contributed by atoms with Gasteiger partial charge in [-0.25, -0.2) is 0 Å². The third-order valence-corrected chi connectivity index (χ3v) is 4.15. The molecule has 0 aromatic heterocycles. The van der Waals surface area contributed by atoms with E-state index >= 15 is 0 Å². The van der Waals surface area contributed by atoms with Crippen molar-refractivity contribution in [2.45, 2.75) is 25.8 Å². The predicted molar refractivity (Wildman–Crippen MR) is 82.5 cm³/mol. The first-order valence-electron chi connectivity index (χ1n) is 6.98. The minimum Gasteiger partial charge on any atom is -0.409 e. The summed E-state index contributed by atoms with van der Waals surface area (Å²) in [6.45, 7) is 3.35. The number of oxime groups is 1.